The van der Waals surface area contributed by atoms with Crippen LogP contribution in [0.3, 0.4) is 0 Å². The van der Waals surface area contributed by atoms with Crippen molar-refractivity contribution in [3.63, 3.8) is 0 Å². The van der Waals surface area contributed by atoms with Crippen LogP contribution in [0, 0.1) is 12.8 Å². The van der Waals surface area contributed by atoms with Crippen LogP contribution in [0.5, 0.6) is 0 Å². The molecule has 1 aromatic heterocycles. The highest BCUT2D eigenvalue weighted by molar-refractivity contribution is 5.34. The first kappa shape index (κ1) is 16.7. The highest BCUT2D eigenvalue weighted by atomic mass is 15.3. The van der Waals surface area contributed by atoms with Crippen LogP contribution in [0.25, 0.3) is 0 Å². The Hall–Kier alpha value is -1.20. The molecule has 0 unspecified atom stereocenters. The molecule has 128 valence electrons. The molecule has 0 aliphatic carbocycles. The topological polar surface area (TPSA) is 58.3 Å². The number of aryl methyl sites for hydroxylation is 1. The molecule has 5 nitrogen and oxygen atoms in total. The summed E-state index contributed by atoms with van der Waals surface area (Å²) in [7, 11) is 0. The molecule has 23 heavy (non-hydrogen) atoms. The van der Waals surface area contributed by atoms with Crippen molar-refractivity contribution in [2.24, 2.45) is 11.7 Å². The average molecular weight is 317 g/mol. The summed E-state index contributed by atoms with van der Waals surface area (Å²) in [4.78, 5) is 14.5. The lowest BCUT2D eigenvalue weighted by Crippen LogP contribution is -2.46. The second-order valence-electron chi connectivity index (χ2n) is 7.66. The summed E-state index contributed by atoms with van der Waals surface area (Å²) >= 11 is 0. The second kappa shape index (κ2) is 7.14. The molecule has 0 aromatic carbocycles. The smallest absolute Gasteiger partial charge is 0.225 e. The van der Waals surface area contributed by atoms with E-state index in [9.17, 15) is 0 Å². The number of piperidine rings is 1. The van der Waals surface area contributed by atoms with Crippen LogP contribution in [0.2, 0.25) is 0 Å². The first-order valence-corrected chi connectivity index (χ1v) is 9.10. The third-order valence-corrected chi connectivity index (χ3v) is 5.05. The Kier molecular flexibility index (Phi) is 5.17. The van der Waals surface area contributed by atoms with Crippen molar-refractivity contribution in [1.29, 1.82) is 0 Å². The zero-order chi connectivity index (χ0) is 16.4. The monoisotopic (exact) mass is 317 g/mol. The maximum atomic E-state index is 6.03. The molecule has 2 aliphatic rings. The minimum absolute atomic E-state index is 0.405. The second-order valence-corrected chi connectivity index (χ2v) is 7.66. The van der Waals surface area contributed by atoms with E-state index in [-0.39, 0.29) is 0 Å². The molecular formula is C18H31N5. The Bertz CT molecular complexity index is 522. The summed E-state index contributed by atoms with van der Waals surface area (Å²) in [5.74, 6) is 1.55. The predicted octanol–water partition coefficient (Wildman–Crippen LogP) is 1.99. The Balaban J connectivity index is 1.65. The first-order valence-electron chi connectivity index (χ1n) is 9.10. The fourth-order valence-electron chi connectivity index (χ4n) is 3.79. The van der Waals surface area contributed by atoms with Gasteiger partial charge in [0.2, 0.25) is 5.95 Å². The number of anilines is 1. The van der Waals surface area contributed by atoms with E-state index in [0.29, 0.717) is 18.0 Å². The van der Waals surface area contributed by atoms with E-state index in [1.54, 1.807) is 0 Å². The molecule has 1 atom stereocenters. The van der Waals surface area contributed by atoms with E-state index in [1.165, 1.54) is 12.1 Å². The number of hydrogen-bond acceptors (Lipinski definition) is 5. The van der Waals surface area contributed by atoms with Crippen molar-refractivity contribution < 1.29 is 0 Å². The standard InChI is InChI=1S/C18H31N5/c1-13(2)10-16-11-14(3)20-18(21-16)23-9-6-17(12-23)22-7-4-15(19)5-8-22/h11,13,15,17H,4-10,12,19H2,1-3H3/t17-/m0/s1. The quantitative estimate of drug-likeness (QED) is 0.920. The number of rotatable bonds is 4. The van der Waals surface area contributed by atoms with Gasteiger partial charge in [0.05, 0.1) is 0 Å². The summed E-state index contributed by atoms with van der Waals surface area (Å²) in [6, 6.07) is 3.17. The van der Waals surface area contributed by atoms with Crippen molar-refractivity contribution in [3.8, 4) is 0 Å². The zero-order valence-electron chi connectivity index (χ0n) is 14.8. The number of hydrogen-bond donors (Lipinski definition) is 1. The van der Waals surface area contributed by atoms with Crippen LogP contribution in [-0.2, 0) is 6.42 Å². The maximum Gasteiger partial charge on any atom is 0.225 e. The normalized spacial score (nSPS) is 23.9. The average Bonchev–Trinajstić information content (AvgIpc) is 2.96. The van der Waals surface area contributed by atoms with Gasteiger partial charge in [0.15, 0.2) is 0 Å². The molecule has 2 saturated heterocycles. The van der Waals surface area contributed by atoms with E-state index >= 15 is 0 Å². The molecule has 0 spiro atoms. The predicted molar refractivity (Wildman–Crippen MR) is 94.7 cm³/mol. The third-order valence-electron chi connectivity index (χ3n) is 5.05. The highest BCUT2D eigenvalue weighted by Gasteiger charge is 2.31. The lowest BCUT2D eigenvalue weighted by molar-refractivity contribution is 0.163. The van der Waals surface area contributed by atoms with E-state index < -0.39 is 0 Å². The van der Waals surface area contributed by atoms with Gasteiger partial charge in [-0.1, -0.05) is 13.8 Å². The summed E-state index contributed by atoms with van der Waals surface area (Å²) in [5.41, 5.74) is 8.29. The summed E-state index contributed by atoms with van der Waals surface area (Å²) in [5, 5.41) is 0. The van der Waals surface area contributed by atoms with Gasteiger partial charge in [-0.25, -0.2) is 9.97 Å². The lowest BCUT2D eigenvalue weighted by atomic mass is 10.0. The van der Waals surface area contributed by atoms with Gasteiger partial charge in [0.25, 0.3) is 0 Å². The largest absolute Gasteiger partial charge is 0.339 e. The van der Waals surface area contributed by atoms with Crippen molar-refractivity contribution in [2.75, 3.05) is 31.1 Å². The van der Waals surface area contributed by atoms with E-state index in [0.717, 1.165) is 57.1 Å². The first-order chi connectivity index (χ1) is 11.0. The van der Waals surface area contributed by atoms with Gasteiger partial charge in [-0.15, -0.1) is 0 Å². The SMILES string of the molecule is Cc1cc(CC(C)C)nc(N2CC[C@H](N3CCC(N)CC3)C2)n1. The lowest BCUT2D eigenvalue weighted by Gasteiger charge is -2.34. The van der Waals surface area contributed by atoms with Crippen LogP contribution in [0.15, 0.2) is 6.07 Å². The molecule has 0 bridgehead atoms. The van der Waals surface area contributed by atoms with Gasteiger partial charge in [0, 0.05) is 36.6 Å². The van der Waals surface area contributed by atoms with Crippen molar-refractivity contribution >= 4 is 5.95 Å². The molecule has 1 aromatic rings. The van der Waals surface area contributed by atoms with E-state index in [4.69, 9.17) is 15.7 Å². The molecule has 5 heteroatoms. The Labute approximate surface area is 140 Å². The van der Waals surface area contributed by atoms with Gasteiger partial charge in [-0.3, -0.25) is 4.90 Å². The zero-order valence-corrected chi connectivity index (χ0v) is 14.8. The number of likely N-dealkylation sites (tertiary alicyclic amines) is 1. The fourth-order valence-corrected chi connectivity index (χ4v) is 3.79. The number of nitrogens with two attached hydrogens (primary N) is 1. The van der Waals surface area contributed by atoms with E-state index in [1.807, 2.05) is 0 Å². The van der Waals surface area contributed by atoms with Gasteiger partial charge in [-0.2, -0.15) is 0 Å². The van der Waals surface area contributed by atoms with Crippen molar-refractivity contribution in [3.05, 3.63) is 17.5 Å². The fraction of sp³-hybridized carbons (Fsp3) is 0.778. The number of aromatic nitrogens is 2. The van der Waals surface area contributed by atoms with Gasteiger partial charge < -0.3 is 10.6 Å². The molecular weight excluding hydrogens is 286 g/mol. The molecule has 0 amide bonds. The molecule has 2 fully saturated rings. The molecule has 0 radical (unpaired) electrons. The molecule has 3 rings (SSSR count). The Morgan fingerprint density at radius 3 is 2.61 bits per heavy atom. The van der Waals surface area contributed by atoms with Crippen LogP contribution in [-0.4, -0.2) is 53.1 Å². The Morgan fingerprint density at radius 2 is 1.91 bits per heavy atom. The van der Waals surface area contributed by atoms with Gasteiger partial charge in [-0.05, 0) is 57.7 Å². The van der Waals surface area contributed by atoms with Crippen LogP contribution >= 0.6 is 0 Å². The van der Waals surface area contributed by atoms with Gasteiger partial charge in [0.1, 0.15) is 0 Å². The summed E-state index contributed by atoms with van der Waals surface area (Å²) in [6.45, 7) is 11.0. The maximum absolute atomic E-state index is 6.03. The summed E-state index contributed by atoms with van der Waals surface area (Å²) in [6.07, 6.45) is 4.51. The van der Waals surface area contributed by atoms with Crippen LogP contribution in [0.1, 0.15) is 44.5 Å². The van der Waals surface area contributed by atoms with Crippen LogP contribution in [0.4, 0.5) is 5.95 Å². The molecule has 0 saturated carbocycles. The molecule has 3 heterocycles. The highest BCUT2D eigenvalue weighted by Crippen LogP contribution is 2.23. The molecule has 2 aliphatic heterocycles. The molecule has 2 N–H and O–H groups in total. The van der Waals surface area contributed by atoms with Gasteiger partial charge >= 0.3 is 0 Å². The van der Waals surface area contributed by atoms with Crippen molar-refractivity contribution in [2.45, 2.75) is 58.5 Å². The minimum Gasteiger partial charge on any atom is -0.339 e. The van der Waals surface area contributed by atoms with E-state index in [2.05, 4.69) is 36.6 Å². The van der Waals surface area contributed by atoms with Crippen molar-refractivity contribution in [1.82, 2.24) is 14.9 Å². The number of nitrogens with zero attached hydrogens (tertiary/aromatic N) is 4. The Morgan fingerprint density at radius 1 is 1.17 bits per heavy atom. The third kappa shape index (κ3) is 4.21. The summed E-state index contributed by atoms with van der Waals surface area (Å²) < 4.78 is 0. The van der Waals surface area contributed by atoms with Crippen LogP contribution < -0.4 is 10.6 Å². The minimum atomic E-state index is 0.405.